The van der Waals surface area contributed by atoms with Gasteiger partial charge >= 0.3 is 0 Å². The van der Waals surface area contributed by atoms with Gasteiger partial charge in [-0.3, -0.25) is 4.90 Å². The summed E-state index contributed by atoms with van der Waals surface area (Å²) in [6.45, 7) is 7.09. The average Bonchev–Trinajstić information content (AvgIpc) is 2.76. The molecule has 0 aromatic heterocycles. The first-order chi connectivity index (χ1) is 14.5. The number of ether oxygens (including phenoxy) is 1. The smallest absolute Gasteiger partial charge is 0.240 e. The highest BCUT2D eigenvalue weighted by Gasteiger charge is 2.26. The average molecular weight is 425 g/mol. The number of sulfonamides is 1. The molecule has 1 atom stereocenters. The number of hydrogen-bond donors (Lipinski definition) is 1. The van der Waals surface area contributed by atoms with Gasteiger partial charge in [-0.1, -0.05) is 48.5 Å². The van der Waals surface area contributed by atoms with Gasteiger partial charge in [0.25, 0.3) is 0 Å². The lowest BCUT2D eigenvalue weighted by Gasteiger charge is -2.35. The van der Waals surface area contributed by atoms with Gasteiger partial charge in [-0.05, 0) is 53.4 Å². The van der Waals surface area contributed by atoms with Crippen molar-refractivity contribution in [2.75, 3.05) is 32.8 Å². The molecule has 3 aromatic carbocycles. The van der Waals surface area contributed by atoms with E-state index in [9.17, 15) is 8.42 Å². The van der Waals surface area contributed by atoms with Crippen molar-refractivity contribution in [2.24, 2.45) is 0 Å². The van der Waals surface area contributed by atoms with Crippen LogP contribution in [0.15, 0.2) is 65.6 Å². The van der Waals surface area contributed by atoms with E-state index in [4.69, 9.17) is 4.74 Å². The van der Waals surface area contributed by atoms with Crippen molar-refractivity contribution in [1.29, 1.82) is 0 Å². The molecule has 1 fully saturated rings. The molecule has 0 amide bonds. The SMILES string of the molecule is Cc1ccc(S(=O)(=O)NC[C@@H](c2cccc3ccccc23)N2CCOCC2)cc1C. The Labute approximate surface area is 178 Å². The van der Waals surface area contributed by atoms with Gasteiger partial charge in [-0.2, -0.15) is 0 Å². The predicted octanol–water partition coefficient (Wildman–Crippen LogP) is 3.81. The van der Waals surface area contributed by atoms with E-state index in [1.54, 1.807) is 12.1 Å². The molecule has 0 spiro atoms. The molecule has 158 valence electrons. The molecular formula is C24H28N2O3S. The number of aryl methyl sites for hydroxylation is 2. The lowest BCUT2D eigenvalue weighted by atomic mass is 9.97. The Morgan fingerprint density at radius 1 is 0.967 bits per heavy atom. The number of nitrogens with zero attached hydrogens (tertiary/aromatic N) is 1. The van der Waals surface area contributed by atoms with Gasteiger partial charge in [0, 0.05) is 25.7 Å². The van der Waals surface area contributed by atoms with Crippen LogP contribution in [0.2, 0.25) is 0 Å². The highest BCUT2D eigenvalue weighted by Crippen LogP contribution is 2.29. The molecule has 0 bridgehead atoms. The van der Waals surface area contributed by atoms with E-state index in [1.165, 1.54) is 0 Å². The van der Waals surface area contributed by atoms with E-state index in [-0.39, 0.29) is 6.04 Å². The summed E-state index contributed by atoms with van der Waals surface area (Å²) in [5.41, 5.74) is 3.19. The Hall–Kier alpha value is -2.25. The number of nitrogens with one attached hydrogen (secondary N) is 1. The van der Waals surface area contributed by atoms with Crippen LogP contribution < -0.4 is 4.72 Å². The summed E-state index contributed by atoms with van der Waals surface area (Å²) < 4.78 is 34.5. The molecular weight excluding hydrogens is 396 g/mol. The maximum Gasteiger partial charge on any atom is 0.240 e. The topological polar surface area (TPSA) is 58.6 Å². The molecule has 1 aliphatic rings. The zero-order chi connectivity index (χ0) is 21.1. The molecule has 5 nitrogen and oxygen atoms in total. The van der Waals surface area contributed by atoms with E-state index < -0.39 is 10.0 Å². The van der Waals surface area contributed by atoms with Crippen molar-refractivity contribution in [1.82, 2.24) is 9.62 Å². The van der Waals surface area contributed by atoms with Crippen molar-refractivity contribution >= 4 is 20.8 Å². The molecule has 3 aromatic rings. The quantitative estimate of drug-likeness (QED) is 0.654. The van der Waals surface area contributed by atoms with Crippen molar-refractivity contribution in [3.63, 3.8) is 0 Å². The first kappa shape index (κ1) is 21.0. The van der Waals surface area contributed by atoms with Crippen molar-refractivity contribution in [3.8, 4) is 0 Å². The Bertz CT molecular complexity index is 1130. The third-order valence-corrected chi connectivity index (χ3v) is 7.35. The van der Waals surface area contributed by atoms with Crippen molar-refractivity contribution in [3.05, 3.63) is 77.4 Å². The summed E-state index contributed by atoms with van der Waals surface area (Å²) >= 11 is 0. The fraction of sp³-hybridized carbons (Fsp3) is 0.333. The van der Waals surface area contributed by atoms with E-state index in [0.29, 0.717) is 24.7 Å². The lowest BCUT2D eigenvalue weighted by molar-refractivity contribution is 0.0175. The largest absolute Gasteiger partial charge is 0.379 e. The van der Waals surface area contributed by atoms with E-state index in [2.05, 4.69) is 33.9 Å². The molecule has 0 unspecified atom stereocenters. The van der Waals surface area contributed by atoms with Crippen LogP contribution in [-0.4, -0.2) is 46.2 Å². The molecule has 30 heavy (non-hydrogen) atoms. The number of morpholine rings is 1. The maximum absolute atomic E-state index is 13.0. The zero-order valence-corrected chi connectivity index (χ0v) is 18.3. The molecule has 4 rings (SSSR count). The summed E-state index contributed by atoms with van der Waals surface area (Å²) in [4.78, 5) is 2.62. The fourth-order valence-electron chi connectivity index (χ4n) is 4.02. The first-order valence-electron chi connectivity index (χ1n) is 10.3. The van der Waals surface area contributed by atoms with Gasteiger partial charge in [0.15, 0.2) is 0 Å². The lowest BCUT2D eigenvalue weighted by Crippen LogP contribution is -2.43. The van der Waals surface area contributed by atoms with Crippen molar-refractivity contribution in [2.45, 2.75) is 24.8 Å². The van der Waals surface area contributed by atoms with Crippen LogP contribution >= 0.6 is 0 Å². The van der Waals surface area contributed by atoms with Crippen LogP contribution in [0.25, 0.3) is 10.8 Å². The summed E-state index contributed by atoms with van der Waals surface area (Å²) in [5, 5.41) is 2.31. The van der Waals surface area contributed by atoms with Crippen LogP contribution in [0.5, 0.6) is 0 Å². The summed E-state index contributed by atoms with van der Waals surface area (Å²) in [7, 11) is -3.60. The molecule has 0 radical (unpaired) electrons. The molecule has 1 N–H and O–H groups in total. The maximum atomic E-state index is 13.0. The molecule has 0 saturated carbocycles. The second-order valence-corrected chi connectivity index (χ2v) is 9.60. The Morgan fingerprint density at radius 3 is 2.47 bits per heavy atom. The second kappa shape index (κ2) is 8.86. The van der Waals surface area contributed by atoms with Crippen molar-refractivity contribution < 1.29 is 13.2 Å². The van der Waals surface area contributed by atoms with Gasteiger partial charge in [-0.15, -0.1) is 0 Å². The number of fused-ring (bicyclic) bond motifs is 1. The van der Waals surface area contributed by atoms with Gasteiger partial charge in [0.2, 0.25) is 10.0 Å². The summed E-state index contributed by atoms with van der Waals surface area (Å²) in [6.07, 6.45) is 0. The van der Waals surface area contributed by atoms with Gasteiger partial charge in [-0.25, -0.2) is 13.1 Å². The number of benzene rings is 3. The molecule has 0 aliphatic carbocycles. The second-order valence-electron chi connectivity index (χ2n) is 7.83. The van der Waals surface area contributed by atoms with Crippen LogP contribution in [0, 0.1) is 13.8 Å². The normalized spacial score (nSPS) is 16.6. The van der Waals surface area contributed by atoms with Gasteiger partial charge in [0.05, 0.1) is 18.1 Å². The predicted molar refractivity (Wildman–Crippen MR) is 120 cm³/mol. The van der Waals surface area contributed by atoms with Gasteiger partial charge in [0.1, 0.15) is 0 Å². The van der Waals surface area contributed by atoms with Crippen LogP contribution in [0.1, 0.15) is 22.7 Å². The van der Waals surface area contributed by atoms with Crippen LogP contribution in [-0.2, 0) is 14.8 Å². The van der Waals surface area contributed by atoms with E-state index in [0.717, 1.165) is 40.6 Å². The monoisotopic (exact) mass is 424 g/mol. The number of hydrogen-bond acceptors (Lipinski definition) is 4. The third-order valence-electron chi connectivity index (χ3n) is 5.92. The van der Waals surface area contributed by atoms with Crippen LogP contribution in [0.4, 0.5) is 0 Å². The minimum atomic E-state index is -3.60. The third kappa shape index (κ3) is 4.42. The van der Waals surface area contributed by atoms with E-state index >= 15 is 0 Å². The fourth-order valence-corrected chi connectivity index (χ4v) is 5.14. The van der Waals surface area contributed by atoms with E-state index in [1.807, 2.05) is 38.1 Å². The first-order valence-corrected chi connectivity index (χ1v) is 11.8. The summed E-state index contributed by atoms with van der Waals surface area (Å²) in [6, 6.07) is 19.7. The van der Waals surface area contributed by atoms with Gasteiger partial charge < -0.3 is 4.74 Å². The minimum Gasteiger partial charge on any atom is -0.379 e. The molecule has 6 heteroatoms. The highest BCUT2D eigenvalue weighted by molar-refractivity contribution is 7.89. The summed E-state index contributed by atoms with van der Waals surface area (Å²) in [5.74, 6) is 0. The molecule has 1 saturated heterocycles. The Balaban J connectivity index is 1.66. The Morgan fingerprint density at radius 2 is 1.70 bits per heavy atom. The zero-order valence-electron chi connectivity index (χ0n) is 17.5. The van der Waals surface area contributed by atoms with Crippen LogP contribution in [0.3, 0.4) is 0 Å². The minimum absolute atomic E-state index is 0.0682. The highest BCUT2D eigenvalue weighted by atomic mass is 32.2. The Kier molecular flexibility index (Phi) is 6.20. The molecule has 1 heterocycles. The standard InChI is InChI=1S/C24H28N2O3S/c1-18-10-11-21(16-19(18)2)30(27,28)25-17-24(26-12-14-29-15-13-26)23-9-5-7-20-6-3-4-8-22(20)23/h3-11,16,24-25H,12-15,17H2,1-2H3/t24-/m0/s1. The molecule has 1 aliphatic heterocycles. The number of rotatable bonds is 6.